The van der Waals surface area contributed by atoms with Gasteiger partial charge in [-0.3, -0.25) is 19.2 Å². The maximum absolute atomic E-state index is 16.1. The maximum Gasteiger partial charge on any atom is 0.408 e. The van der Waals surface area contributed by atoms with Crippen molar-refractivity contribution >= 4 is 47.6 Å². The minimum Gasteiger partial charge on any atom is -0.547 e. The smallest absolute Gasteiger partial charge is 0.408 e. The number of benzene rings is 3. The van der Waals surface area contributed by atoms with Gasteiger partial charge in [0.2, 0.25) is 6.10 Å². The highest BCUT2D eigenvalue weighted by Gasteiger charge is 2.79. The molecular formula is C69H87N2O25-. The zero-order chi connectivity index (χ0) is 71.3. The molecular weight excluding hydrogens is 1260 g/mol. The Morgan fingerprint density at radius 3 is 1.86 bits per heavy atom. The maximum atomic E-state index is 16.1. The van der Waals surface area contributed by atoms with Crippen LogP contribution in [0.3, 0.4) is 0 Å². The number of Topliss-reactive ketones (excluding diaryl/α,β-unsaturated/α-hetero) is 1. The number of aliphatic hydroxyl groups is 6. The standard InChI is InChI=1S/C69H88N2O25/c1-35-42(32-69(86)51(92-53(78)41-29-23-18-24-30-41)49-61(8,43(75)31-44-68(49,34-88-44)94-38(4)74)50(76)47(89-37(3)73)45(35)59(69,5)6)90-54(79)48(46(39-25-19-16-20-26-39)70-52(77)40-27-21-17-22-28-40)91-58(83)71-62(9)57(95-60(7,33-72)55(80)64(62,11)87-15)96-67(14)65(12,56(81)82)93-36(2)63(10,84)66(67,13)85/h16-30,36,42-44,46-49,51,55,57,72,75,80,84-86H,31-34H2,1-15H3,(H,70,77)(H,71,83)(H,81,82)/p-1/t36?,42?,43-,44+,46-,47+,48+,49-,51-,55?,57?,60?,61+,62?,63?,64?,65?,66?,67?,68-,69+/m1/s1. The number of methoxy groups -OCH3 is 1. The predicted octanol–water partition coefficient (Wildman–Crippen LogP) is 2.31. The van der Waals surface area contributed by atoms with Gasteiger partial charge in [-0.15, -0.1) is 0 Å². The van der Waals surface area contributed by atoms with Crippen LogP contribution in [0.1, 0.15) is 142 Å². The zero-order valence-electron chi connectivity index (χ0n) is 56.3. The molecule has 2 saturated carbocycles. The number of hydrogen-bond donors (Lipinski definition) is 8. The van der Waals surface area contributed by atoms with Gasteiger partial charge in [0.05, 0.1) is 48.3 Å². The van der Waals surface area contributed by atoms with Crippen molar-refractivity contribution in [1.82, 2.24) is 10.6 Å². The average molecular weight is 1340 g/mol. The molecule has 0 spiro atoms. The summed E-state index contributed by atoms with van der Waals surface area (Å²) in [6.45, 7) is 15.6. The van der Waals surface area contributed by atoms with Gasteiger partial charge in [0.25, 0.3) is 5.91 Å². The minimum atomic E-state index is -2.71. The van der Waals surface area contributed by atoms with E-state index in [1.807, 2.05) is 0 Å². The normalized spacial score (nSPS) is 39.8. The molecule has 524 valence electrons. The fourth-order valence-electron chi connectivity index (χ4n) is 15.5. The van der Waals surface area contributed by atoms with E-state index in [1.165, 1.54) is 116 Å². The first-order valence-electron chi connectivity index (χ1n) is 31.6. The van der Waals surface area contributed by atoms with E-state index in [0.29, 0.717) is 0 Å². The molecule has 6 aliphatic rings. The third kappa shape index (κ3) is 11.1. The van der Waals surface area contributed by atoms with E-state index in [2.05, 4.69) is 10.6 Å². The fraction of sp³-hybridized carbons (Fsp3) is 0.594. The molecule has 8 N–H and O–H groups in total. The summed E-state index contributed by atoms with van der Waals surface area (Å²) in [6, 6.07) is 21.0. The van der Waals surface area contributed by atoms with Crippen LogP contribution in [-0.4, -0.2) is 204 Å². The number of fused-ring (bicyclic) bond motifs is 5. The molecule has 3 heterocycles. The predicted molar refractivity (Wildman–Crippen MR) is 330 cm³/mol. The molecule has 3 aliphatic carbocycles. The van der Waals surface area contributed by atoms with Crippen LogP contribution >= 0.6 is 0 Å². The third-order valence-electron chi connectivity index (χ3n) is 22.5. The van der Waals surface area contributed by atoms with Crippen molar-refractivity contribution < 1.29 is 121 Å². The number of carbonyl (C=O) groups is 8. The van der Waals surface area contributed by atoms with Gasteiger partial charge in [0.1, 0.15) is 75.2 Å². The first-order valence-corrected chi connectivity index (χ1v) is 31.6. The molecule has 2 amide bonds. The molecule has 27 nitrogen and oxygen atoms in total. The van der Waals surface area contributed by atoms with Crippen molar-refractivity contribution in [2.45, 2.75) is 221 Å². The number of rotatable bonds is 17. The number of aliphatic hydroxyl groups excluding tert-OH is 3. The van der Waals surface area contributed by atoms with Crippen LogP contribution in [0, 0.1) is 16.7 Å². The van der Waals surface area contributed by atoms with Gasteiger partial charge in [-0.1, -0.05) is 80.6 Å². The molecule has 0 aromatic heterocycles. The van der Waals surface area contributed by atoms with E-state index < -0.39 is 196 Å². The molecule has 9 rings (SSSR count). The van der Waals surface area contributed by atoms with Crippen molar-refractivity contribution in [3.8, 4) is 0 Å². The number of carbonyl (C=O) groups excluding carboxylic acids is 8. The summed E-state index contributed by atoms with van der Waals surface area (Å²) in [4.78, 5) is 117. The molecule has 3 aromatic rings. The first kappa shape index (κ1) is 73.0. The second-order valence-corrected chi connectivity index (χ2v) is 28.1. The van der Waals surface area contributed by atoms with E-state index >= 15 is 14.4 Å². The number of carboxylic acid groups (broad SMARTS) is 1. The molecule has 5 fully saturated rings. The molecule has 3 saturated heterocycles. The monoisotopic (exact) mass is 1340 g/mol. The quantitative estimate of drug-likeness (QED) is 0.0546. The van der Waals surface area contributed by atoms with Gasteiger partial charge < -0.3 is 98.5 Å². The van der Waals surface area contributed by atoms with Gasteiger partial charge in [-0.2, -0.15) is 0 Å². The Hall–Kier alpha value is -7.28. The zero-order valence-corrected chi connectivity index (χ0v) is 56.3. The second kappa shape index (κ2) is 25.2. The molecule has 3 aromatic carbocycles. The second-order valence-electron chi connectivity index (χ2n) is 28.1. The number of ether oxygens (including phenoxy) is 10. The number of carboxylic acids is 1. The lowest BCUT2D eigenvalue weighted by atomic mass is 9.44. The highest BCUT2D eigenvalue weighted by molar-refractivity contribution is 5.96. The molecule has 3 aliphatic heterocycles. The average Bonchev–Trinajstić information content (AvgIpc) is 0.676. The number of esters is 4. The van der Waals surface area contributed by atoms with Gasteiger partial charge >= 0.3 is 30.0 Å². The van der Waals surface area contributed by atoms with E-state index in [-0.39, 0.29) is 34.3 Å². The van der Waals surface area contributed by atoms with Crippen molar-refractivity contribution in [3.63, 3.8) is 0 Å². The Kier molecular flexibility index (Phi) is 19.2. The Morgan fingerprint density at radius 2 is 1.34 bits per heavy atom. The molecule has 0 radical (unpaired) electrons. The highest BCUT2D eigenvalue weighted by atomic mass is 16.7. The van der Waals surface area contributed by atoms with E-state index in [4.69, 9.17) is 47.4 Å². The lowest BCUT2D eigenvalue weighted by molar-refractivity contribution is -0.441. The van der Waals surface area contributed by atoms with Crippen molar-refractivity contribution in [2.24, 2.45) is 16.7 Å². The number of alkyl carbamates (subject to hydrolysis) is 1. The van der Waals surface area contributed by atoms with Gasteiger partial charge in [-0.05, 0) is 110 Å². The van der Waals surface area contributed by atoms with Crippen LogP contribution in [0.4, 0.5) is 4.79 Å². The van der Waals surface area contributed by atoms with Crippen LogP contribution in [0.5, 0.6) is 0 Å². The Balaban J connectivity index is 1.23. The van der Waals surface area contributed by atoms with Crippen LogP contribution in [0.15, 0.2) is 102 Å². The fourth-order valence-corrected chi connectivity index (χ4v) is 15.5. The van der Waals surface area contributed by atoms with E-state index in [1.54, 1.807) is 30.3 Å². The summed E-state index contributed by atoms with van der Waals surface area (Å²) < 4.78 is 62.5. The molecule has 27 heteroatoms. The number of amides is 2. The number of aliphatic carboxylic acids is 1. The highest BCUT2D eigenvalue weighted by Crippen LogP contribution is 2.65. The topological polar surface area (TPSA) is 397 Å². The van der Waals surface area contributed by atoms with Crippen LogP contribution in [-0.2, 0) is 71.3 Å². The number of ketones is 1. The lowest BCUT2D eigenvalue weighted by Gasteiger charge is -2.67. The number of nitrogens with one attached hydrogen (secondary N) is 2. The summed E-state index contributed by atoms with van der Waals surface area (Å²) in [5.41, 5.74) is -26.2. The lowest BCUT2D eigenvalue weighted by Crippen LogP contribution is -2.87. The largest absolute Gasteiger partial charge is 0.547 e. The molecule has 11 unspecified atom stereocenters. The molecule has 96 heavy (non-hydrogen) atoms. The summed E-state index contributed by atoms with van der Waals surface area (Å²) >= 11 is 0. The van der Waals surface area contributed by atoms with Crippen LogP contribution in [0.2, 0.25) is 0 Å². The SMILES string of the molecule is COC1(C)C(O)C(C)(CO)OC(OC2(C)C(C)(C(=O)[O-])OC(C)C(C)(O)C2(C)O)C1(C)NC(=O)O[C@H](C(=O)OC1C[C@]2(O)[C@H](OC(=O)c3ccccc3)[C@H]3[C@@]4(OC(C)=O)CO[C@H]4C[C@@H](O)[C@]3(C)C(=O)[C@@H](OC(C)=O)C(=C1C)C2(C)C)[C@H](NC(=O)c1ccccc1)c1ccccc1. The van der Waals surface area contributed by atoms with Crippen molar-refractivity contribution in [3.05, 3.63) is 119 Å². The van der Waals surface area contributed by atoms with Gasteiger partial charge in [0.15, 0.2) is 23.8 Å². The van der Waals surface area contributed by atoms with Crippen molar-refractivity contribution in [1.29, 1.82) is 0 Å². The van der Waals surface area contributed by atoms with E-state index in [0.717, 1.165) is 48.7 Å². The Labute approximate surface area is 555 Å². The molecule has 2 bridgehead atoms. The Bertz CT molecular complexity index is 3570. The van der Waals surface area contributed by atoms with Gasteiger partial charge in [0, 0.05) is 44.8 Å². The van der Waals surface area contributed by atoms with Gasteiger partial charge in [-0.25, -0.2) is 14.4 Å². The number of hydrogen-bond acceptors (Lipinski definition) is 25. The molecule has 21 atom stereocenters. The Morgan fingerprint density at radius 1 is 0.771 bits per heavy atom. The van der Waals surface area contributed by atoms with E-state index in [9.17, 15) is 59.7 Å². The summed E-state index contributed by atoms with van der Waals surface area (Å²) in [5, 5.41) is 93.2. The van der Waals surface area contributed by atoms with Crippen molar-refractivity contribution in [2.75, 3.05) is 20.3 Å². The summed E-state index contributed by atoms with van der Waals surface area (Å²) in [7, 11) is 1.10. The summed E-state index contributed by atoms with van der Waals surface area (Å²) in [5.74, 6) is -10.0. The van der Waals surface area contributed by atoms with Crippen LogP contribution < -0.4 is 15.7 Å². The van der Waals surface area contributed by atoms with Crippen LogP contribution in [0.25, 0.3) is 0 Å². The minimum absolute atomic E-state index is 0.0397. The third-order valence-corrected chi connectivity index (χ3v) is 22.5. The first-order chi connectivity index (χ1) is 44.5. The summed E-state index contributed by atoms with van der Waals surface area (Å²) in [6.07, 6.45) is -19.6.